The average molecular weight is 235 g/mol. The Morgan fingerprint density at radius 3 is 2.50 bits per heavy atom. The van der Waals surface area contributed by atoms with Gasteiger partial charge in [0.25, 0.3) is 5.56 Å². The maximum atomic E-state index is 11.7. The van der Waals surface area contributed by atoms with Crippen LogP contribution in [0.4, 0.5) is 0 Å². The van der Waals surface area contributed by atoms with E-state index in [4.69, 9.17) is 23.2 Å². The van der Waals surface area contributed by atoms with E-state index in [1.165, 1.54) is 10.9 Å². The molecule has 5 heteroatoms. The van der Waals surface area contributed by atoms with E-state index in [-0.39, 0.29) is 21.8 Å². The minimum absolute atomic E-state index is 0.000988. The molecule has 0 aliphatic carbocycles. The van der Waals surface area contributed by atoms with Crippen molar-refractivity contribution in [3.05, 3.63) is 26.9 Å². The fourth-order valence-corrected chi connectivity index (χ4v) is 1.64. The van der Waals surface area contributed by atoms with Crippen LogP contribution in [-0.2, 0) is 0 Å². The van der Waals surface area contributed by atoms with Crippen LogP contribution >= 0.6 is 23.2 Å². The van der Waals surface area contributed by atoms with Gasteiger partial charge in [-0.1, -0.05) is 37.0 Å². The van der Waals surface area contributed by atoms with Crippen molar-refractivity contribution in [1.82, 2.24) is 9.55 Å². The van der Waals surface area contributed by atoms with Crippen LogP contribution in [0.15, 0.2) is 11.1 Å². The largest absolute Gasteiger partial charge is 0.295 e. The van der Waals surface area contributed by atoms with Crippen LogP contribution in [-0.4, -0.2) is 9.55 Å². The van der Waals surface area contributed by atoms with E-state index in [0.717, 1.165) is 12.8 Å². The Kier molecular flexibility index (Phi) is 3.96. The Balaban J connectivity index is 3.23. The maximum Gasteiger partial charge on any atom is 0.273 e. The number of rotatable bonds is 3. The number of halogens is 2. The van der Waals surface area contributed by atoms with Gasteiger partial charge in [-0.05, 0) is 12.8 Å². The van der Waals surface area contributed by atoms with Crippen LogP contribution in [0.2, 0.25) is 10.2 Å². The van der Waals surface area contributed by atoms with Crippen molar-refractivity contribution in [3.8, 4) is 0 Å². The van der Waals surface area contributed by atoms with Crippen molar-refractivity contribution < 1.29 is 0 Å². The van der Waals surface area contributed by atoms with Crippen LogP contribution in [0.25, 0.3) is 0 Å². The van der Waals surface area contributed by atoms with Crippen molar-refractivity contribution >= 4 is 23.2 Å². The van der Waals surface area contributed by atoms with Crippen LogP contribution in [0.3, 0.4) is 0 Å². The summed E-state index contributed by atoms with van der Waals surface area (Å²) in [6, 6.07) is 0.143. The van der Waals surface area contributed by atoms with Crippen LogP contribution in [0.5, 0.6) is 0 Å². The molecule has 1 heterocycles. The molecule has 0 bridgehead atoms. The molecule has 0 saturated carbocycles. The van der Waals surface area contributed by atoms with Crippen molar-refractivity contribution in [2.75, 3.05) is 0 Å². The van der Waals surface area contributed by atoms with Crippen molar-refractivity contribution in [1.29, 1.82) is 0 Å². The Morgan fingerprint density at radius 2 is 2.00 bits per heavy atom. The average Bonchev–Trinajstić information content (AvgIpc) is 2.19. The minimum atomic E-state index is -0.264. The van der Waals surface area contributed by atoms with Crippen molar-refractivity contribution in [2.45, 2.75) is 32.7 Å². The highest BCUT2D eigenvalue weighted by molar-refractivity contribution is 6.40. The predicted octanol–water partition coefficient (Wildman–Crippen LogP) is 2.91. The van der Waals surface area contributed by atoms with E-state index >= 15 is 0 Å². The van der Waals surface area contributed by atoms with E-state index in [0.29, 0.717) is 0 Å². The second-order valence-corrected chi connectivity index (χ2v) is 3.77. The zero-order valence-electron chi connectivity index (χ0n) is 8.13. The number of aromatic nitrogens is 2. The molecule has 0 atom stereocenters. The van der Waals surface area contributed by atoms with E-state index in [2.05, 4.69) is 4.98 Å². The summed E-state index contributed by atoms with van der Waals surface area (Å²) in [4.78, 5) is 15.5. The third-order valence-electron chi connectivity index (χ3n) is 2.23. The van der Waals surface area contributed by atoms with Gasteiger partial charge in [-0.15, -0.1) is 0 Å². The van der Waals surface area contributed by atoms with Gasteiger partial charge in [0.05, 0.1) is 6.33 Å². The molecule has 1 aromatic heterocycles. The molecule has 0 aliphatic rings. The first kappa shape index (κ1) is 11.5. The number of hydrogen-bond acceptors (Lipinski definition) is 2. The first-order valence-electron chi connectivity index (χ1n) is 4.53. The van der Waals surface area contributed by atoms with Gasteiger partial charge < -0.3 is 0 Å². The number of nitrogens with zero attached hydrogens (tertiary/aromatic N) is 2. The fourth-order valence-electron chi connectivity index (χ4n) is 1.37. The minimum Gasteiger partial charge on any atom is -0.295 e. The van der Waals surface area contributed by atoms with E-state index in [1.807, 2.05) is 13.8 Å². The SMILES string of the molecule is CCC(CC)n1cnc(Cl)c(Cl)c1=O. The van der Waals surface area contributed by atoms with E-state index < -0.39 is 0 Å². The standard InChI is InChI=1S/C9H12Cl2N2O/c1-3-6(4-2)13-5-12-8(11)7(10)9(13)14/h5-6H,3-4H2,1-2H3. The van der Waals surface area contributed by atoms with Gasteiger partial charge in [0.1, 0.15) is 5.02 Å². The Hall–Kier alpha value is -0.540. The van der Waals surface area contributed by atoms with Gasteiger partial charge in [-0.2, -0.15) is 0 Å². The normalized spacial score (nSPS) is 10.9. The molecule has 0 radical (unpaired) electrons. The molecule has 0 spiro atoms. The third kappa shape index (κ3) is 2.10. The number of hydrogen-bond donors (Lipinski definition) is 0. The first-order valence-corrected chi connectivity index (χ1v) is 5.29. The highest BCUT2D eigenvalue weighted by Gasteiger charge is 2.12. The summed E-state index contributed by atoms with van der Waals surface area (Å²) in [5.74, 6) is 0. The lowest BCUT2D eigenvalue weighted by atomic mass is 10.2. The molecular formula is C9H12Cl2N2O. The molecule has 3 nitrogen and oxygen atoms in total. The molecule has 1 aromatic rings. The predicted molar refractivity (Wildman–Crippen MR) is 58.1 cm³/mol. The summed E-state index contributed by atoms with van der Waals surface area (Å²) in [6.07, 6.45) is 3.19. The molecule has 14 heavy (non-hydrogen) atoms. The topological polar surface area (TPSA) is 34.9 Å². The molecule has 78 valence electrons. The lowest BCUT2D eigenvalue weighted by Gasteiger charge is -2.15. The second-order valence-electron chi connectivity index (χ2n) is 3.03. The van der Waals surface area contributed by atoms with Gasteiger partial charge in [-0.25, -0.2) is 4.98 Å². The molecule has 1 rings (SSSR count). The molecule has 0 unspecified atom stereocenters. The van der Waals surface area contributed by atoms with Gasteiger partial charge in [0.2, 0.25) is 0 Å². The second kappa shape index (κ2) is 4.80. The zero-order valence-corrected chi connectivity index (χ0v) is 9.64. The zero-order chi connectivity index (χ0) is 10.7. The maximum absolute atomic E-state index is 11.7. The molecule has 0 aliphatic heterocycles. The summed E-state index contributed by atoms with van der Waals surface area (Å²) >= 11 is 11.3. The Labute approximate surface area is 92.7 Å². The molecule has 0 amide bonds. The van der Waals surface area contributed by atoms with Crippen molar-refractivity contribution in [3.63, 3.8) is 0 Å². The summed E-state index contributed by atoms with van der Waals surface area (Å²) in [7, 11) is 0. The summed E-state index contributed by atoms with van der Waals surface area (Å²) in [5.41, 5.74) is -0.264. The quantitative estimate of drug-likeness (QED) is 0.755. The molecule has 0 saturated heterocycles. The van der Waals surface area contributed by atoms with E-state index in [9.17, 15) is 4.79 Å². The smallest absolute Gasteiger partial charge is 0.273 e. The molecule has 0 fully saturated rings. The lowest BCUT2D eigenvalue weighted by molar-refractivity contribution is 0.452. The van der Waals surface area contributed by atoms with Gasteiger partial charge in [0.15, 0.2) is 5.15 Å². The highest BCUT2D eigenvalue weighted by Crippen LogP contribution is 2.17. The summed E-state index contributed by atoms with van der Waals surface area (Å²) in [6.45, 7) is 4.03. The monoisotopic (exact) mass is 234 g/mol. The van der Waals surface area contributed by atoms with Gasteiger partial charge in [-0.3, -0.25) is 9.36 Å². The van der Waals surface area contributed by atoms with Gasteiger partial charge in [0, 0.05) is 6.04 Å². The third-order valence-corrected chi connectivity index (χ3v) is 2.96. The molecule has 0 aromatic carbocycles. The molecule has 0 N–H and O–H groups in total. The van der Waals surface area contributed by atoms with Crippen molar-refractivity contribution in [2.24, 2.45) is 0 Å². The highest BCUT2D eigenvalue weighted by atomic mass is 35.5. The Morgan fingerprint density at radius 1 is 1.43 bits per heavy atom. The van der Waals surface area contributed by atoms with Crippen LogP contribution in [0.1, 0.15) is 32.7 Å². The van der Waals surface area contributed by atoms with Crippen LogP contribution < -0.4 is 5.56 Å². The first-order chi connectivity index (χ1) is 6.61. The fraction of sp³-hybridized carbons (Fsp3) is 0.556. The lowest BCUT2D eigenvalue weighted by Crippen LogP contribution is -2.25. The summed E-state index contributed by atoms with van der Waals surface area (Å²) < 4.78 is 1.54. The van der Waals surface area contributed by atoms with E-state index in [1.54, 1.807) is 0 Å². The Bertz CT molecular complexity index is 372. The molecular weight excluding hydrogens is 223 g/mol. The van der Waals surface area contributed by atoms with Gasteiger partial charge >= 0.3 is 0 Å². The van der Waals surface area contributed by atoms with Crippen LogP contribution in [0, 0.1) is 0 Å². The summed E-state index contributed by atoms with van der Waals surface area (Å²) in [5, 5.41) is 0.0694.